The number of amides is 4. The van der Waals surface area contributed by atoms with E-state index in [2.05, 4.69) is 10.6 Å². The van der Waals surface area contributed by atoms with Crippen LogP contribution in [0.1, 0.15) is 66.4 Å². The Bertz CT molecular complexity index is 1440. The molecule has 8 nitrogen and oxygen atoms in total. The molecule has 3 aromatic rings. The monoisotopic (exact) mass is 594 g/mol. The molecule has 1 aliphatic carbocycles. The summed E-state index contributed by atoms with van der Waals surface area (Å²) in [5.41, 5.74) is 3.81. The minimum Gasteiger partial charge on any atom is -0.343 e. The summed E-state index contributed by atoms with van der Waals surface area (Å²) < 4.78 is 0. The molecule has 44 heavy (non-hydrogen) atoms. The van der Waals surface area contributed by atoms with Crippen molar-refractivity contribution < 1.29 is 19.2 Å². The third-order valence-electron chi connectivity index (χ3n) is 8.86. The molecule has 1 saturated heterocycles. The predicted molar refractivity (Wildman–Crippen MR) is 172 cm³/mol. The lowest BCUT2D eigenvalue weighted by Gasteiger charge is -2.31. The van der Waals surface area contributed by atoms with E-state index in [9.17, 15) is 19.2 Å². The normalized spacial score (nSPS) is 15.5. The van der Waals surface area contributed by atoms with Crippen LogP contribution in [-0.4, -0.2) is 59.6 Å². The molecule has 2 fully saturated rings. The Morgan fingerprint density at radius 3 is 2.18 bits per heavy atom. The molecule has 8 heteroatoms. The molecule has 2 N–H and O–H groups in total. The van der Waals surface area contributed by atoms with E-state index < -0.39 is 0 Å². The van der Waals surface area contributed by atoms with Crippen molar-refractivity contribution in [1.82, 2.24) is 9.80 Å². The van der Waals surface area contributed by atoms with Crippen molar-refractivity contribution in [2.45, 2.75) is 63.8 Å². The molecule has 0 spiro atoms. The van der Waals surface area contributed by atoms with Gasteiger partial charge < -0.3 is 20.4 Å². The largest absolute Gasteiger partial charge is 0.343 e. The summed E-state index contributed by atoms with van der Waals surface area (Å²) in [6.45, 7) is 1.18. The van der Waals surface area contributed by atoms with Gasteiger partial charge in [-0.15, -0.1) is 0 Å². The summed E-state index contributed by atoms with van der Waals surface area (Å²) >= 11 is 0. The van der Waals surface area contributed by atoms with Crippen molar-refractivity contribution in [1.29, 1.82) is 0 Å². The van der Waals surface area contributed by atoms with Gasteiger partial charge in [0, 0.05) is 55.5 Å². The lowest BCUT2D eigenvalue weighted by Crippen LogP contribution is -2.41. The molecule has 0 bridgehead atoms. The molecular formula is C36H42N4O4. The Morgan fingerprint density at radius 2 is 1.48 bits per heavy atom. The van der Waals surface area contributed by atoms with Crippen LogP contribution in [0.4, 0.5) is 11.4 Å². The van der Waals surface area contributed by atoms with Crippen LogP contribution in [0.3, 0.4) is 0 Å². The fraction of sp³-hybridized carbons (Fsp3) is 0.389. The van der Waals surface area contributed by atoms with Crippen LogP contribution in [-0.2, 0) is 27.2 Å². The summed E-state index contributed by atoms with van der Waals surface area (Å²) in [6, 6.07) is 24.7. The van der Waals surface area contributed by atoms with Crippen molar-refractivity contribution in [3.8, 4) is 0 Å². The van der Waals surface area contributed by atoms with Crippen molar-refractivity contribution >= 4 is 35.0 Å². The second-order valence-corrected chi connectivity index (χ2v) is 12.0. The summed E-state index contributed by atoms with van der Waals surface area (Å²) in [7, 11) is 1.86. The van der Waals surface area contributed by atoms with Gasteiger partial charge in [-0.2, -0.15) is 0 Å². The maximum atomic E-state index is 12.9. The second kappa shape index (κ2) is 14.8. The highest BCUT2D eigenvalue weighted by Gasteiger charge is 2.27. The minimum atomic E-state index is -0.180. The van der Waals surface area contributed by atoms with Gasteiger partial charge in [0.25, 0.3) is 5.91 Å². The molecule has 0 atom stereocenters. The van der Waals surface area contributed by atoms with Crippen LogP contribution < -0.4 is 10.6 Å². The fourth-order valence-electron chi connectivity index (χ4n) is 6.18. The first kappa shape index (κ1) is 31.0. The van der Waals surface area contributed by atoms with E-state index in [4.69, 9.17) is 0 Å². The summed E-state index contributed by atoms with van der Waals surface area (Å²) in [4.78, 5) is 55.0. The molecule has 1 aliphatic heterocycles. The maximum Gasteiger partial charge on any atom is 0.253 e. The number of hydrogen-bond acceptors (Lipinski definition) is 4. The number of piperidine rings is 1. The fourth-order valence-corrected chi connectivity index (χ4v) is 6.18. The first-order valence-electron chi connectivity index (χ1n) is 15.7. The van der Waals surface area contributed by atoms with Gasteiger partial charge in [0.05, 0.1) is 6.42 Å². The zero-order valence-electron chi connectivity index (χ0n) is 25.5. The Morgan fingerprint density at radius 1 is 0.773 bits per heavy atom. The molecule has 230 valence electrons. The molecule has 4 amide bonds. The van der Waals surface area contributed by atoms with Crippen LogP contribution in [0, 0.1) is 5.92 Å². The smallest absolute Gasteiger partial charge is 0.253 e. The molecular weight excluding hydrogens is 552 g/mol. The van der Waals surface area contributed by atoms with Crippen molar-refractivity contribution in [3.63, 3.8) is 0 Å². The van der Waals surface area contributed by atoms with Gasteiger partial charge in [-0.25, -0.2) is 0 Å². The average Bonchev–Trinajstić information content (AvgIpc) is 3.60. The number of nitrogens with one attached hydrogen (secondary N) is 2. The minimum absolute atomic E-state index is 0.0245. The highest BCUT2D eigenvalue weighted by atomic mass is 16.2. The van der Waals surface area contributed by atoms with Crippen LogP contribution in [0.15, 0.2) is 78.9 Å². The van der Waals surface area contributed by atoms with Crippen LogP contribution >= 0.6 is 0 Å². The molecule has 1 heterocycles. The lowest BCUT2D eigenvalue weighted by molar-refractivity contribution is -0.134. The Labute approximate surface area is 259 Å². The van der Waals surface area contributed by atoms with E-state index in [1.807, 2.05) is 59.3 Å². The van der Waals surface area contributed by atoms with Gasteiger partial charge in [0.2, 0.25) is 17.7 Å². The van der Waals surface area contributed by atoms with Crippen molar-refractivity contribution in [2.75, 3.05) is 30.8 Å². The van der Waals surface area contributed by atoms with Gasteiger partial charge >= 0.3 is 0 Å². The first-order chi connectivity index (χ1) is 21.4. The van der Waals surface area contributed by atoms with E-state index in [1.54, 1.807) is 36.4 Å². The highest BCUT2D eigenvalue weighted by Crippen LogP contribution is 2.25. The summed E-state index contributed by atoms with van der Waals surface area (Å²) in [6.07, 6.45) is 7.06. The molecule has 5 rings (SSSR count). The van der Waals surface area contributed by atoms with E-state index in [-0.39, 0.29) is 42.0 Å². The van der Waals surface area contributed by atoms with E-state index in [0.29, 0.717) is 49.3 Å². The third-order valence-corrected chi connectivity index (χ3v) is 8.86. The predicted octanol–water partition coefficient (Wildman–Crippen LogP) is 5.69. The quantitative estimate of drug-likeness (QED) is 0.315. The van der Waals surface area contributed by atoms with E-state index in [1.165, 1.54) is 0 Å². The molecule has 1 saturated carbocycles. The van der Waals surface area contributed by atoms with Gasteiger partial charge in [-0.1, -0.05) is 61.4 Å². The lowest BCUT2D eigenvalue weighted by atomic mass is 9.95. The zero-order valence-corrected chi connectivity index (χ0v) is 25.5. The second-order valence-electron chi connectivity index (χ2n) is 12.0. The molecule has 0 aromatic heterocycles. The Hall–Kier alpha value is -4.46. The number of carbonyl (C=O) groups excluding carboxylic acids is 4. The Kier molecular flexibility index (Phi) is 10.4. The number of carbonyl (C=O) groups is 4. The van der Waals surface area contributed by atoms with Crippen molar-refractivity contribution in [2.24, 2.45) is 5.92 Å². The molecule has 3 aromatic carbocycles. The summed E-state index contributed by atoms with van der Waals surface area (Å²) in [5, 5.41) is 5.89. The number of likely N-dealkylation sites (tertiary alicyclic amines) is 1. The van der Waals surface area contributed by atoms with Gasteiger partial charge in [-0.3, -0.25) is 19.2 Å². The standard InChI is InChI=1S/C36H42N4O4/c1-39(32-12-5-6-13-32)36(44)29-10-7-11-31(25-29)37-33(41)24-27-14-17-30(18-15-27)38-35(43)28-20-22-40(23-21-28)34(42)19-16-26-8-3-2-4-9-26/h2-4,7-11,14-15,17-18,25,28,32H,5-6,12-13,16,19-24H2,1H3,(H,37,41)(H,38,43). The average molecular weight is 595 g/mol. The Balaban J connectivity index is 1.05. The zero-order chi connectivity index (χ0) is 30.9. The topological polar surface area (TPSA) is 98.8 Å². The number of hydrogen-bond donors (Lipinski definition) is 2. The van der Waals surface area contributed by atoms with E-state index >= 15 is 0 Å². The number of anilines is 2. The van der Waals surface area contributed by atoms with Crippen LogP contribution in [0.25, 0.3) is 0 Å². The van der Waals surface area contributed by atoms with Gasteiger partial charge in [-0.05, 0) is 73.6 Å². The van der Waals surface area contributed by atoms with Gasteiger partial charge in [0.1, 0.15) is 0 Å². The van der Waals surface area contributed by atoms with E-state index in [0.717, 1.165) is 43.2 Å². The molecule has 0 unspecified atom stereocenters. The number of rotatable bonds is 10. The number of benzene rings is 3. The third kappa shape index (κ3) is 8.34. The molecule has 0 radical (unpaired) electrons. The highest BCUT2D eigenvalue weighted by molar-refractivity contribution is 5.98. The first-order valence-corrected chi connectivity index (χ1v) is 15.7. The van der Waals surface area contributed by atoms with Crippen LogP contribution in [0.5, 0.6) is 0 Å². The number of nitrogens with zero attached hydrogens (tertiary/aromatic N) is 2. The number of aryl methyl sites for hydroxylation is 1. The maximum absolute atomic E-state index is 12.9. The molecule has 2 aliphatic rings. The summed E-state index contributed by atoms with van der Waals surface area (Å²) in [5.74, 6) is -0.247. The van der Waals surface area contributed by atoms with Crippen molar-refractivity contribution in [3.05, 3.63) is 95.6 Å². The van der Waals surface area contributed by atoms with Gasteiger partial charge in [0.15, 0.2) is 0 Å². The van der Waals surface area contributed by atoms with Crippen LogP contribution in [0.2, 0.25) is 0 Å². The SMILES string of the molecule is CN(C(=O)c1cccc(NC(=O)Cc2ccc(NC(=O)C3CCN(C(=O)CCc4ccccc4)CC3)cc2)c1)C1CCCC1.